The molecule has 2 aromatic rings. The molecule has 0 fully saturated rings. The summed E-state index contributed by atoms with van der Waals surface area (Å²) < 4.78 is 33.7. The van der Waals surface area contributed by atoms with Crippen molar-refractivity contribution in [2.24, 2.45) is 0 Å². The highest BCUT2D eigenvalue weighted by Gasteiger charge is 2.25. The molecule has 156 valence electrons. The van der Waals surface area contributed by atoms with Crippen molar-refractivity contribution < 1.29 is 17.9 Å². The van der Waals surface area contributed by atoms with Crippen LogP contribution in [0.15, 0.2) is 35.2 Å². The number of hydrogen-bond acceptors (Lipinski definition) is 4. The van der Waals surface area contributed by atoms with Gasteiger partial charge in [0.15, 0.2) is 0 Å². The van der Waals surface area contributed by atoms with Gasteiger partial charge in [-0.3, -0.25) is 9.62 Å². The number of carbonyl (C=O) groups is 1. The Balaban J connectivity index is 1.94. The van der Waals surface area contributed by atoms with Crippen LogP contribution in [0.5, 0.6) is 5.75 Å². The maximum Gasteiger partial charge on any atom is 0.323 e. The number of sulfonamides is 1. The maximum absolute atomic E-state index is 13.0. The number of urea groups is 1. The molecule has 0 saturated heterocycles. The van der Waals surface area contributed by atoms with Crippen LogP contribution in [0.3, 0.4) is 0 Å². The third-order valence-corrected chi connectivity index (χ3v) is 6.61. The molecule has 9 heteroatoms. The Kier molecular flexibility index (Phi) is 5.95. The molecule has 1 aliphatic rings. The van der Waals surface area contributed by atoms with Gasteiger partial charge < -0.3 is 9.64 Å². The minimum absolute atomic E-state index is 0.0299. The molecule has 1 N–H and O–H groups in total. The number of rotatable bonds is 4. The first-order chi connectivity index (χ1) is 13.6. The van der Waals surface area contributed by atoms with Gasteiger partial charge in [0.05, 0.1) is 7.11 Å². The molecule has 0 unspecified atom stereocenters. The van der Waals surface area contributed by atoms with Crippen LogP contribution in [0.2, 0.25) is 5.02 Å². The van der Waals surface area contributed by atoms with Crippen molar-refractivity contribution in [2.45, 2.75) is 24.7 Å². The van der Waals surface area contributed by atoms with E-state index >= 15 is 0 Å². The fraction of sp³-hybridized carbons (Fsp3) is 0.350. The zero-order chi connectivity index (χ0) is 21.3. The topological polar surface area (TPSA) is 79.0 Å². The highest BCUT2D eigenvalue weighted by Crippen LogP contribution is 2.34. The van der Waals surface area contributed by atoms with Crippen molar-refractivity contribution >= 4 is 39.0 Å². The molecule has 1 aliphatic heterocycles. The Morgan fingerprint density at radius 3 is 2.62 bits per heavy atom. The number of benzene rings is 2. The minimum atomic E-state index is -3.91. The number of fused-ring (bicyclic) bond motifs is 1. The lowest BCUT2D eigenvalue weighted by molar-refractivity contribution is 0.223. The Bertz CT molecular complexity index is 1050. The van der Waals surface area contributed by atoms with E-state index in [1.807, 2.05) is 0 Å². The van der Waals surface area contributed by atoms with Crippen LogP contribution in [0.4, 0.5) is 16.2 Å². The zero-order valence-corrected chi connectivity index (χ0v) is 18.4. The molecule has 0 spiro atoms. The summed E-state index contributed by atoms with van der Waals surface area (Å²) >= 11 is 6.13. The number of ether oxygens (including phenoxy) is 1. The van der Waals surface area contributed by atoms with Gasteiger partial charge in [-0.25, -0.2) is 13.2 Å². The average molecular weight is 438 g/mol. The Labute approximate surface area is 176 Å². The summed E-state index contributed by atoms with van der Waals surface area (Å²) in [6.45, 7) is 2.41. The number of nitrogens with zero attached hydrogens (tertiary/aromatic N) is 2. The van der Waals surface area contributed by atoms with Crippen molar-refractivity contribution in [3.63, 3.8) is 0 Å². The third kappa shape index (κ3) is 4.28. The zero-order valence-electron chi connectivity index (χ0n) is 16.8. The SMILES string of the molecule is COc1cc(C)c(Cl)cc1S(=O)(=O)Nc1ccc2c(c1)CCCN2C(=O)N(C)C. The lowest BCUT2D eigenvalue weighted by Gasteiger charge is -2.32. The van der Waals surface area contributed by atoms with Gasteiger partial charge in [-0.1, -0.05) is 11.6 Å². The van der Waals surface area contributed by atoms with Crippen molar-refractivity contribution in [1.82, 2.24) is 4.90 Å². The summed E-state index contributed by atoms with van der Waals surface area (Å²) in [5.41, 5.74) is 2.86. The molecule has 1 heterocycles. The number of anilines is 2. The van der Waals surface area contributed by atoms with E-state index in [1.54, 1.807) is 50.2 Å². The first kappa shape index (κ1) is 21.3. The number of nitrogens with one attached hydrogen (secondary N) is 1. The van der Waals surface area contributed by atoms with Crippen LogP contribution < -0.4 is 14.4 Å². The highest BCUT2D eigenvalue weighted by atomic mass is 35.5. The van der Waals surface area contributed by atoms with E-state index in [-0.39, 0.29) is 16.7 Å². The van der Waals surface area contributed by atoms with Crippen LogP contribution in [0.1, 0.15) is 17.5 Å². The molecule has 3 rings (SSSR count). The summed E-state index contributed by atoms with van der Waals surface area (Å²) in [5, 5.41) is 0.342. The minimum Gasteiger partial charge on any atom is -0.495 e. The van der Waals surface area contributed by atoms with Crippen LogP contribution in [0, 0.1) is 6.92 Å². The quantitative estimate of drug-likeness (QED) is 0.786. The van der Waals surface area contributed by atoms with Crippen LogP contribution in [-0.4, -0.2) is 47.1 Å². The molecular weight excluding hydrogens is 414 g/mol. The van der Waals surface area contributed by atoms with Gasteiger partial charge in [0, 0.05) is 37.0 Å². The van der Waals surface area contributed by atoms with Crippen molar-refractivity contribution in [3.8, 4) is 5.75 Å². The number of hydrogen-bond donors (Lipinski definition) is 1. The predicted molar refractivity (Wildman–Crippen MR) is 115 cm³/mol. The van der Waals surface area contributed by atoms with Crippen LogP contribution in [0.25, 0.3) is 0 Å². The van der Waals surface area contributed by atoms with Gasteiger partial charge in [0.2, 0.25) is 0 Å². The number of amides is 2. The molecule has 29 heavy (non-hydrogen) atoms. The molecule has 2 amide bonds. The molecule has 0 radical (unpaired) electrons. The second-order valence-corrected chi connectivity index (χ2v) is 9.19. The number of carbonyl (C=O) groups excluding carboxylic acids is 1. The smallest absolute Gasteiger partial charge is 0.323 e. The first-order valence-electron chi connectivity index (χ1n) is 9.12. The summed E-state index contributed by atoms with van der Waals surface area (Å²) in [4.78, 5) is 15.6. The van der Waals surface area contributed by atoms with Gasteiger partial charge in [-0.2, -0.15) is 0 Å². The van der Waals surface area contributed by atoms with E-state index < -0.39 is 10.0 Å². The molecular formula is C20H24ClN3O4S. The van der Waals surface area contributed by atoms with E-state index in [0.29, 0.717) is 17.3 Å². The van der Waals surface area contributed by atoms with E-state index in [4.69, 9.17) is 16.3 Å². The van der Waals surface area contributed by atoms with Crippen molar-refractivity contribution in [2.75, 3.05) is 37.4 Å². The molecule has 0 saturated carbocycles. The first-order valence-corrected chi connectivity index (χ1v) is 11.0. The fourth-order valence-corrected chi connectivity index (χ4v) is 4.77. The summed E-state index contributed by atoms with van der Waals surface area (Å²) in [6.07, 6.45) is 1.58. The largest absolute Gasteiger partial charge is 0.495 e. The average Bonchev–Trinajstić information content (AvgIpc) is 2.67. The Hall–Kier alpha value is -2.45. The number of aryl methyl sites for hydroxylation is 2. The van der Waals surface area contributed by atoms with Gasteiger partial charge in [0.1, 0.15) is 10.6 Å². The van der Waals surface area contributed by atoms with Gasteiger partial charge >= 0.3 is 6.03 Å². The fourth-order valence-electron chi connectivity index (χ4n) is 3.32. The normalized spacial score (nSPS) is 13.6. The second kappa shape index (κ2) is 8.12. The van der Waals surface area contributed by atoms with E-state index in [1.165, 1.54) is 18.1 Å². The second-order valence-electron chi connectivity index (χ2n) is 7.13. The summed E-state index contributed by atoms with van der Waals surface area (Å²) in [6, 6.07) is 8.07. The predicted octanol–water partition coefficient (Wildman–Crippen LogP) is 3.89. The highest BCUT2D eigenvalue weighted by molar-refractivity contribution is 7.92. The van der Waals surface area contributed by atoms with E-state index in [9.17, 15) is 13.2 Å². The van der Waals surface area contributed by atoms with Crippen LogP contribution in [-0.2, 0) is 16.4 Å². The monoisotopic (exact) mass is 437 g/mol. The lowest BCUT2D eigenvalue weighted by atomic mass is 10.0. The molecule has 0 aliphatic carbocycles. The Morgan fingerprint density at radius 1 is 1.24 bits per heavy atom. The molecule has 0 bridgehead atoms. The molecule has 2 aromatic carbocycles. The van der Waals surface area contributed by atoms with Gasteiger partial charge in [0.25, 0.3) is 10.0 Å². The summed E-state index contributed by atoms with van der Waals surface area (Å²) in [5.74, 6) is 0.222. The third-order valence-electron chi connectivity index (χ3n) is 4.80. The number of halogens is 1. The molecule has 7 nitrogen and oxygen atoms in total. The number of methoxy groups -OCH3 is 1. The maximum atomic E-state index is 13.0. The van der Waals surface area contributed by atoms with E-state index in [0.717, 1.165) is 29.7 Å². The van der Waals surface area contributed by atoms with Crippen LogP contribution >= 0.6 is 11.6 Å². The Morgan fingerprint density at radius 2 is 1.97 bits per heavy atom. The standard InChI is InChI=1S/C20H24ClN3O4S/c1-13-10-18(28-4)19(12-16(13)21)29(26,27)22-15-7-8-17-14(11-15)6-5-9-24(17)20(25)23(2)3/h7-8,10-12,22H,5-6,9H2,1-4H3. The van der Waals surface area contributed by atoms with Crippen molar-refractivity contribution in [1.29, 1.82) is 0 Å². The molecule has 0 atom stereocenters. The van der Waals surface area contributed by atoms with Crippen molar-refractivity contribution in [3.05, 3.63) is 46.5 Å². The lowest BCUT2D eigenvalue weighted by Crippen LogP contribution is -2.42. The van der Waals surface area contributed by atoms with E-state index in [2.05, 4.69) is 4.72 Å². The molecule has 0 aromatic heterocycles. The summed E-state index contributed by atoms with van der Waals surface area (Å²) in [7, 11) is 0.915. The van der Waals surface area contributed by atoms with Gasteiger partial charge in [-0.15, -0.1) is 0 Å². The van der Waals surface area contributed by atoms with Gasteiger partial charge in [-0.05, 0) is 61.2 Å².